The SMILES string of the molecule is CC(CC(=O)N(Cc1nccn1C)C1=CCC=C2CCCCC2=C1)c1ccccc1. The monoisotopic (exact) mass is 401 g/mol. The summed E-state index contributed by atoms with van der Waals surface area (Å²) < 4.78 is 2.00. The molecule has 1 fully saturated rings. The van der Waals surface area contributed by atoms with E-state index in [0.717, 1.165) is 30.8 Å². The fourth-order valence-corrected chi connectivity index (χ4v) is 4.38. The lowest BCUT2D eigenvalue weighted by molar-refractivity contribution is -0.130. The molecule has 4 rings (SSSR count). The van der Waals surface area contributed by atoms with Crippen LogP contribution in [0, 0.1) is 0 Å². The van der Waals surface area contributed by atoms with Crippen LogP contribution in [0.25, 0.3) is 0 Å². The van der Waals surface area contributed by atoms with Crippen molar-refractivity contribution in [2.45, 2.75) is 57.9 Å². The Morgan fingerprint density at radius 3 is 2.63 bits per heavy atom. The van der Waals surface area contributed by atoms with Crippen molar-refractivity contribution < 1.29 is 4.79 Å². The van der Waals surface area contributed by atoms with Gasteiger partial charge in [-0.2, -0.15) is 0 Å². The van der Waals surface area contributed by atoms with E-state index in [1.165, 1.54) is 29.6 Å². The lowest BCUT2D eigenvalue weighted by Gasteiger charge is -2.26. The number of imidazole rings is 1. The van der Waals surface area contributed by atoms with Gasteiger partial charge in [-0.25, -0.2) is 4.98 Å². The molecule has 0 spiro atoms. The zero-order chi connectivity index (χ0) is 20.9. The van der Waals surface area contributed by atoms with Gasteiger partial charge in [-0.1, -0.05) is 49.4 Å². The summed E-state index contributed by atoms with van der Waals surface area (Å²) in [5, 5.41) is 0. The number of aryl methyl sites for hydroxylation is 1. The Bertz CT molecular complexity index is 981. The molecule has 156 valence electrons. The summed E-state index contributed by atoms with van der Waals surface area (Å²) in [4.78, 5) is 20.0. The third-order valence-electron chi connectivity index (χ3n) is 6.25. The molecule has 1 amide bonds. The van der Waals surface area contributed by atoms with E-state index in [1.807, 2.05) is 40.9 Å². The van der Waals surface area contributed by atoms with Crippen molar-refractivity contribution in [3.63, 3.8) is 0 Å². The van der Waals surface area contributed by atoms with Crippen LogP contribution in [0.3, 0.4) is 0 Å². The molecule has 1 aromatic heterocycles. The van der Waals surface area contributed by atoms with Crippen molar-refractivity contribution >= 4 is 5.91 Å². The molecule has 0 radical (unpaired) electrons. The number of allylic oxidation sites excluding steroid dienone is 5. The van der Waals surface area contributed by atoms with E-state index in [1.54, 1.807) is 6.20 Å². The highest BCUT2D eigenvalue weighted by Crippen LogP contribution is 2.33. The topological polar surface area (TPSA) is 38.1 Å². The largest absolute Gasteiger partial charge is 0.337 e. The fraction of sp³-hybridized carbons (Fsp3) is 0.385. The van der Waals surface area contributed by atoms with Crippen molar-refractivity contribution in [1.82, 2.24) is 14.5 Å². The quantitative estimate of drug-likeness (QED) is 0.627. The summed E-state index contributed by atoms with van der Waals surface area (Å²) in [5.74, 6) is 1.22. The number of benzene rings is 1. The Hall–Kier alpha value is -2.88. The number of aromatic nitrogens is 2. The van der Waals surface area contributed by atoms with Gasteiger partial charge in [0.15, 0.2) is 0 Å². The summed E-state index contributed by atoms with van der Waals surface area (Å²) in [6.07, 6.45) is 16.7. The smallest absolute Gasteiger partial charge is 0.227 e. The molecule has 2 aliphatic carbocycles. The van der Waals surface area contributed by atoms with Crippen molar-refractivity contribution in [2.24, 2.45) is 7.05 Å². The Balaban J connectivity index is 1.60. The van der Waals surface area contributed by atoms with Gasteiger partial charge in [0.05, 0.1) is 6.54 Å². The molecular weight excluding hydrogens is 370 g/mol. The predicted octanol–water partition coefficient (Wildman–Crippen LogP) is 5.66. The van der Waals surface area contributed by atoms with Gasteiger partial charge in [0, 0.05) is 31.6 Å². The van der Waals surface area contributed by atoms with Gasteiger partial charge in [-0.05, 0) is 60.8 Å². The third kappa shape index (κ3) is 4.64. The summed E-state index contributed by atoms with van der Waals surface area (Å²) >= 11 is 0. The van der Waals surface area contributed by atoms with Gasteiger partial charge in [0.25, 0.3) is 0 Å². The van der Waals surface area contributed by atoms with Crippen LogP contribution in [0.4, 0.5) is 0 Å². The number of amides is 1. The molecule has 1 unspecified atom stereocenters. The van der Waals surface area contributed by atoms with Crippen molar-refractivity contribution in [3.05, 3.63) is 89.2 Å². The van der Waals surface area contributed by atoms with Crippen LogP contribution < -0.4 is 0 Å². The molecule has 1 atom stereocenters. The van der Waals surface area contributed by atoms with E-state index < -0.39 is 0 Å². The van der Waals surface area contributed by atoms with E-state index in [2.05, 4.69) is 42.3 Å². The molecule has 0 aliphatic heterocycles. The normalized spacial score (nSPS) is 17.2. The molecule has 0 N–H and O–H groups in total. The van der Waals surface area contributed by atoms with Crippen LogP contribution in [-0.2, 0) is 18.4 Å². The van der Waals surface area contributed by atoms with Crippen LogP contribution in [0.2, 0.25) is 0 Å². The van der Waals surface area contributed by atoms with E-state index in [4.69, 9.17) is 0 Å². The second-order valence-electron chi connectivity index (χ2n) is 8.42. The molecule has 1 heterocycles. The second kappa shape index (κ2) is 9.29. The Kier molecular flexibility index (Phi) is 6.32. The first kappa shape index (κ1) is 20.4. The standard InChI is InChI=1S/C26H31N3O/c1-20(21-9-4-3-5-10-21)17-26(30)29(19-25-27-15-16-28(25)2)24-14-8-13-22-11-6-7-12-23(22)18-24/h3-5,9-10,13-16,18,20H,6-8,11-12,17,19H2,1-2H3. The van der Waals surface area contributed by atoms with Crippen molar-refractivity contribution in [3.8, 4) is 0 Å². The number of hydrogen-bond acceptors (Lipinski definition) is 2. The maximum absolute atomic E-state index is 13.5. The highest BCUT2D eigenvalue weighted by atomic mass is 16.2. The first-order valence-corrected chi connectivity index (χ1v) is 11.0. The number of nitrogens with zero attached hydrogens (tertiary/aromatic N) is 3. The minimum Gasteiger partial charge on any atom is -0.337 e. The Labute approximate surface area is 179 Å². The van der Waals surface area contributed by atoms with Crippen LogP contribution in [-0.4, -0.2) is 20.4 Å². The molecule has 0 bridgehead atoms. The van der Waals surface area contributed by atoms with Gasteiger partial charge < -0.3 is 9.47 Å². The number of rotatable bonds is 6. The van der Waals surface area contributed by atoms with Crippen LogP contribution in [0.5, 0.6) is 0 Å². The molecule has 30 heavy (non-hydrogen) atoms. The van der Waals surface area contributed by atoms with Crippen molar-refractivity contribution in [2.75, 3.05) is 0 Å². The molecular formula is C26H31N3O. The minimum atomic E-state index is 0.150. The molecule has 4 heteroatoms. The third-order valence-corrected chi connectivity index (χ3v) is 6.25. The Morgan fingerprint density at radius 1 is 1.13 bits per heavy atom. The molecule has 2 aromatic rings. The van der Waals surface area contributed by atoms with Gasteiger partial charge >= 0.3 is 0 Å². The van der Waals surface area contributed by atoms with Crippen LogP contribution >= 0.6 is 0 Å². The second-order valence-corrected chi connectivity index (χ2v) is 8.42. The maximum Gasteiger partial charge on any atom is 0.227 e. The lowest BCUT2D eigenvalue weighted by atomic mass is 9.89. The van der Waals surface area contributed by atoms with Gasteiger partial charge in [0.1, 0.15) is 5.82 Å². The summed E-state index contributed by atoms with van der Waals surface area (Å²) in [7, 11) is 1.98. The van der Waals surface area contributed by atoms with Crippen LogP contribution in [0.15, 0.2) is 77.8 Å². The molecule has 1 aromatic carbocycles. The highest BCUT2D eigenvalue weighted by Gasteiger charge is 2.24. The summed E-state index contributed by atoms with van der Waals surface area (Å²) in [6.45, 7) is 2.63. The maximum atomic E-state index is 13.5. The first-order chi connectivity index (χ1) is 14.6. The van der Waals surface area contributed by atoms with Gasteiger partial charge in [-0.15, -0.1) is 0 Å². The molecule has 1 saturated carbocycles. The molecule has 0 saturated heterocycles. The number of fused-ring (bicyclic) bond motifs is 1. The minimum absolute atomic E-state index is 0.150. The van der Waals surface area contributed by atoms with E-state index in [0.29, 0.717) is 13.0 Å². The van der Waals surface area contributed by atoms with Crippen LogP contribution in [0.1, 0.15) is 62.8 Å². The fourth-order valence-electron chi connectivity index (χ4n) is 4.38. The average molecular weight is 402 g/mol. The lowest BCUT2D eigenvalue weighted by Crippen LogP contribution is -2.31. The van der Waals surface area contributed by atoms with Gasteiger partial charge in [0.2, 0.25) is 5.91 Å². The number of hydrogen-bond donors (Lipinski definition) is 0. The molecule has 4 nitrogen and oxygen atoms in total. The van der Waals surface area contributed by atoms with E-state index in [9.17, 15) is 4.79 Å². The first-order valence-electron chi connectivity index (χ1n) is 11.0. The zero-order valence-electron chi connectivity index (χ0n) is 18.1. The molecule has 2 aliphatic rings. The summed E-state index contributed by atoms with van der Waals surface area (Å²) in [5.41, 5.74) is 5.09. The highest BCUT2D eigenvalue weighted by molar-refractivity contribution is 5.79. The van der Waals surface area contributed by atoms with E-state index in [-0.39, 0.29) is 11.8 Å². The van der Waals surface area contributed by atoms with E-state index >= 15 is 0 Å². The number of carbonyl (C=O) groups is 1. The zero-order valence-corrected chi connectivity index (χ0v) is 18.1. The predicted molar refractivity (Wildman–Crippen MR) is 121 cm³/mol. The Morgan fingerprint density at radius 2 is 1.90 bits per heavy atom. The van der Waals surface area contributed by atoms with Gasteiger partial charge in [-0.3, -0.25) is 4.79 Å². The average Bonchev–Trinajstić information content (AvgIpc) is 3.04. The summed E-state index contributed by atoms with van der Waals surface area (Å²) in [6, 6.07) is 10.3. The number of carbonyl (C=O) groups excluding carboxylic acids is 1. The van der Waals surface area contributed by atoms with Crippen molar-refractivity contribution in [1.29, 1.82) is 0 Å².